The molecule has 0 amide bonds. The van der Waals surface area contributed by atoms with Crippen LogP contribution >= 0.6 is 11.8 Å². The van der Waals surface area contributed by atoms with Crippen LogP contribution in [0.4, 0.5) is 0 Å². The van der Waals surface area contributed by atoms with Crippen molar-refractivity contribution < 1.29 is 0 Å². The molecular formula is C9H11NS. The van der Waals surface area contributed by atoms with Crippen LogP contribution in [0.25, 0.3) is 0 Å². The number of hydrogen-bond acceptors (Lipinski definition) is 2. The Morgan fingerprint density at radius 1 is 1.64 bits per heavy atom. The van der Waals surface area contributed by atoms with Gasteiger partial charge in [0.15, 0.2) is 0 Å². The van der Waals surface area contributed by atoms with Gasteiger partial charge in [-0.1, -0.05) is 24.8 Å². The average molecular weight is 165 g/mol. The maximum atomic E-state index is 4.01. The fourth-order valence-corrected chi connectivity index (χ4v) is 1.36. The summed E-state index contributed by atoms with van der Waals surface area (Å²) in [5.74, 6) is 0. The topological polar surface area (TPSA) is 12.9 Å². The number of rotatable bonds is 3. The lowest BCUT2D eigenvalue weighted by Crippen LogP contribution is -1.69. The largest absolute Gasteiger partial charge is 0.264 e. The molecule has 1 nitrogen and oxygen atoms in total. The van der Waals surface area contributed by atoms with Crippen molar-refractivity contribution in [2.75, 3.05) is 0 Å². The Kier molecular flexibility index (Phi) is 3.76. The molecular weight excluding hydrogens is 154 g/mol. The molecule has 58 valence electrons. The Labute approximate surface area is 71.5 Å². The predicted octanol–water partition coefficient (Wildman–Crippen LogP) is 3.10. The summed E-state index contributed by atoms with van der Waals surface area (Å²) in [6.07, 6.45) is 6.88. The van der Waals surface area contributed by atoms with Crippen molar-refractivity contribution >= 4 is 11.8 Å². The van der Waals surface area contributed by atoms with Gasteiger partial charge in [-0.3, -0.25) is 4.98 Å². The smallest absolute Gasteiger partial charge is 0.0407 e. The van der Waals surface area contributed by atoms with Gasteiger partial charge in [-0.2, -0.15) is 0 Å². The van der Waals surface area contributed by atoms with Crippen LogP contribution in [0.5, 0.6) is 0 Å². The number of thioether (sulfide) groups is 1. The van der Waals surface area contributed by atoms with Gasteiger partial charge < -0.3 is 0 Å². The SMILES string of the molecule is CC/C=C/Sc1cccnc1. The average Bonchev–Trinajstić information content (AvgIpc) is 2.07. The Bertz CT molecular complexity index is 218. The Morgan fingerprint density at radius 2 is 2.55 bits per heavy atom. The van der Waals surface area contributed by atoms with Crippen LogP contribution in [0.1, 0.15) is 13.3 Å². The standard InChI is InChI=1S/C9H11NS/c1-2-3-7-11-9-5-4-6-10-8-9/h3-8H,2H2,1H3/b7-3+. The first kappa shape index (κ1) is 8.34. The molecule has 2 heteroatoms. The summed E-state index contributed by atoms with van der Waals surface area (Å²) >= 11 is 1.70. The number of allylic oxidation sites excluding steroid dienone is 1. The summed E-state index contributed by atoms with van der Waals surface area (Å²) in [4.78, 5) is 5.20. The molecule has 11 heavy (non-hydrogen) atoms. The molecule has 0 aliphatic heterocycles. The second kappa shape index (κ2) is 4.97. The summed E-state index contributed by atoms with van der Waals surface area (Å²) < 4.78 is 0. The molecule has 1 aromatic rings. The summed E-state index contributed by atoms with van der Waals surface area (Å²) in [7, 11) is 0. The quantitative estimate of drug-likeness (QED) is 0.638. The maximum absolute atomic E-state index is 4.01. The van der Waals surface area contributed by atoms with Crippen molar-refractivity contribution in [3.63, 3.8) is 0 Å². The second-order valence-corrected chi connectivity index (χ2v) is 3.07. The van der Waals surface area contributed by atoms with E-state index >= 15 is 0 Å². The zero-order chi connectivity index (χ0) is 7.94. The highest BCUT2D eigenvalue weighted by molar-refractivity contribution is 8.02. The molecule has 0 saturated heterocycles. The molecule has 0 spiro atoms. The van der Waals surface area contributed by atoms with Crippen molar-refractivity contribution in [1.82, 2.24) is 4.98 Å². The second-order valence-electron chi connectivity index (χ2n) is 2.09. The highest BCUT2D eigenvalue weighted by atomic mass is 32.2. The van der Waals surface area contributed by atoms with Gasteiger partial charge in [-0.15, -0.1) is 0 Å². The van der Waals surface area contributed by atoms with Crippen LogP contribution in [-0.2, 0) is 0 Å². The van der Waals surface area contributed by atoms with E-state index in [0.717, 1.165) is 6.42 Å². The van der Waals surface area contributed by atoms with Gasteiger partial charge in [0.1, 0.15) is 0 Å². The van der Waals surface area contributed by atoms with E-state index in [9.17, 15) is 0 Å². The van der Waals surface area contributed by atoms with Crippen molar-refractivity contribution in [1.29, 1.82) is 0 Å². The van der Waals surface area contributed by atoms with E-state index in [1.807, 2.05) is 12.3 Å². The number of pyridine rings is 1. The molecule has 0 saturated carbocycles. The van der Waals surface area contributed by atoms with Crippen LogP contribution in [-0.4, -0.2) is 4.98 Å². The molecule has 0 fully saturated rings. The lowest BCUT2D eigenvalue weighted by atomic mass is 10.5. The molecule has 0 unspecified atom stereocenters. The van der Waals surface area contributed by atoms with Crippen molar-refractivity contribution in [2.24, 2.45) is 0 Å². The predicted molar refractivity (Wildman–Crippen MR) is 49.5 cm³/mol. The molecule has 0 atom stereocenters. The van der Waals surface area contributed by atoms with Crippen molar-refractivity contribution in [3.8, 4) is 0 Å². The zero-order valence-electron chi connectivity index (χ0n) is 6.53. The highest BCUT2D eigenvalue weighted by Crippen LogP contribution is 2.16. The van der Waals surface area contributed by atoms with E-state index in [4.69, 9.17) is 0 Å². The third-order valence-corrected chi connectivity index (χ3v) is 2.01. The van der Waals surface area contributed by atoms with E-state index < -0.39 is 0 Å². The van der Waals surface area contributed by atoms with Gasteiger partial charge >= 0.3 is 0 Å². The fourth-order valence-electron chi connectivity index (χ4n) is 0.640. The van der Waals surface area contributed by atoms with Gasteiger partial charge in [-0.25, -0.2) is 0 Å². The summed E-state index contributed by atoms with van der Waals surface area (Å²) in [5.41, 5.74) is 0. The highest BCUT2D eigenvalue weighted by Gasteiger charge is 1.85. The molecule has 0 N–H and O–H groups in total. The first-order chi connectivity index (χ1) is 5.43. The van der Waals surface area contributed by atoms with Crippen LogP contribution in [0.2, 0.25) is 0 Å². The van der Waals surface area contributed by atoms with Crippen LogP contribution in [0.3, 0.4) is 0 Å². The molecule has 1 rings (SSSR count). The number of nitrogens with zero attached hydrogens (tertiary/aromatic N) is 1. The zero-order valence-corrected chi connectivity index (χ0v) is 7.34. The minimum Gasteiger partial charge on any atom is -0.264 e. The monoisotopic (exact) mass is 165 g/mol. The molecule has 0 aromatic carbocycles. The number of hydrogen-bond donors (Lipinski definition) is 0. The molecule has 0 radical (unpaired) electrons. The Balaban J connectivity index is 2.45. The molecule has 0 bridgehead atoms. The van der Waals surface area contributed by atoms with Crippen LogP contribution in [0, 0.1) is 0 Å². The first-order valence-corrected chi connectivity index (χ1v) is 4.53. The molecule has 1 aromatic heterocycles. The van der Waals surface area contributed by atoms with Crippen LogP contribution < -0.4 is 0 Å². The molecule has 1 heterocycles. The summed E-state index contributed by atoms with van der Waals surface area (Å²) in [5, 5.41) is 2.09. The van der Waals surface area contributed by atoms with Gasteiger partial charge in [0.25, 0.3) is 0 Å². The van der Waals surface area contributed by atoms with Gasteiger partial charge in [-0.05, 0) is 24.0 Å². The minimum atomic E-state index is 1.09. The van der Waals surface area contributed by atoms with E-state index in [2.05, 4.69) is 29.5 Å². The van der Waals surface area contributed by atoms with Gasteiger partial charge in [0, 0.05) is 17.3 Å². The third-order valence-electron chi connectivity index (χ3n) is 1.17. The van der Waals surface area contributed by atoms with Crippen molar-refractivity contribution in [2.45, 2.75) is 18.2 Å². The van der Waals surface area contributed by atoms with E-state index in [0.29, 0.717) is 0 Å². The van der Waals surface area contributed by atoms with Crippen molar-refractivity contribution in [3.05, 3.63) is 36.0 Å². The normalized spacial score (nSPS) is 10.6. The number of aromatic nitrogens is 1. The Morgan fingerprint density at radius 3 is 3.18 bits per heavy atom. The maximum Gasteiger partial charge on any atom is 0.0407 e. The Hall–Kier alpha value is -0.760. The fraction of sp³-hybridized carbons (Fsp3) is 0.222. The van der Waals surface area contributed by atoms with E-state index in [-0.39, 0.29) is 0 Å². The van der Waals surface area contributed by atoms with E-state index in [1.54, 1.807) is 18.0 Å². The van der Waals surface area contributed by atoms with Crippen LogP contribution in [0.15, 0.2) is 40.9 Å². The minimum absolute atomic E-state index is 1.09. The lowest BCUT2D eigenvalue weighted by molar-refractivity contribution is 1.23. The third kappa shape index (κ3) is 3.23. The van der Waals surface area contributed by atoms with Gasteiger partial charge in [0.05, 0.1) is 0 Å². The molecule has 0 aliphatic carbocycles. The molecule has 0 aliphatic rings. The summed E-state index contributed by atoms with van der Waals surface area (Å²) in [6.45, 7) is 2.13. The lowest BCUT2D eigenvalue weighted by Gasteiger charge is -1.91. The van der Waals surface area contributed by atoms with Gasteiger partial charge in [0.2, 0.25) is 0 Å². The first-order valence-electron chi connectivity index (χ1n) is 3.65. The van der Waals surface area contributed by atoms with E-state index in [1.165, 1.54) is 4.90 Å². The summed E-state index contributed by atoms with van der Waals surface area (Å²) in [6, 6.07) is 4.00.